The number of aromatic hydroxyl groups is 1. The number of nitrogens with zero attached hydrogens (tertiary/aromatic N) is 1. The zero-order valence-electron chi connectivity index (χ0n) is 13.5. The van der Waals surface area contributed by atoms with Crippen molar-refractivity contribution in [2.45, 2.75) is 18.9 Å². The number of ether oxygens (including phenoxy) is 2. The molecule has 0 spiro atoms. The summed E-state index contributed by atoms with van der Waals surface area (Å²) >= 11 is 0. The molecule has 0 unspecified atom stereocenters. The van der Waals surface area contributed by atoms with Gasteiger partial charge in [-0.05, 0) is 12.8 Å². The summed E-state index contributed by atoms with van der Waals surface area (Å²) in [5.41, 5.74) is 0.840. The maximum Gasteiger partial charge on any atom is 0.131 e. The van der Waals surface area contributed by atoms with E-state index in [-0.39, 0.29) is 11.8 Å². The Bertz CT molecular complexity index is 499. The lowest BCUT2D eigenvalue weighted by atomic mass is 9.97. The van der Waals surface area contributed by atoms with E-state index in [1.807, 2.05) is 12.1 Å². The van der Waals surface area contributed by atoms with Crippen LogP contribution in [0.2, 0.25) is 0 Å². The molecule has 1 aliphatic rings. The van der Waals surface area contributed by atoms with E-state index in [9.17, 15) is 5.11 Å². The molecule has 1 aromatic rings. The molecule has 0 saturated carbocycles. The SMILES string of the molecule is C=CCC[C@@H](c1c(O)cc(OC)cc1OC)N1CCNCC1. The summed E-state index contributed by atoms with van der Waals surface area (Å²) in [4.78, 5) is 2.39. The van der Waals surface area contributed by atoms with E-state index in [1.165, 1.54) is 0 Å². The summed E-state index contributed by atoms with van der Waals surface area (Å²) < 4.78 is 10.7. The number of piperazine rings is 1. The molecule has 0 radical (unpaired) electrons. The fourth-order valence-electron chi connectivity index (χ4n) is 2.99. The lowest BCUT2D eigenvalue weighted by Gasteiger charge is -2.36. The molecule has 5 heteroatoms. The minimum absolute atomic E-state index is 0.112. The van der Waals surface area contributed by atoms with Crippen LogP contribution in [0.1, 0.15) is 24.4 Å². The quantitative estimate of drug-likeness (QED) is 0.757. The predicted octanol–water partition coefficient (Wildman–Crippen LogP) is 2.32. The number of nitrogens with one attached hydrogen (secondary N) is 1. The number of rotatable bonds is 7. The van der Waals surface area contributed by atoms with Crippen molar-refractivity contribution >= 4 is 0 Å². The lowest BCUT2D eigenvalue weighted by Crippen LogP contribution is -2.45. The molecule has 2 N–H and O–H groups in total. The molecule has 22 heavy (non-hydrogen) atoms. The summed E-state index contributed by atoms with van der Waals surface area (Å²) in [5.74, 6) is 1.49. The number of hydrogen-bond donors (Lipinski definition) is 2. The van der Waals surface area contributed by atoms with Crippen LogP contribution < -0.4 is 14.8 Å². The second kappa shape index (κ2) is 8.06. The zero-order chi connectivity index (χ0) is 15.9. The Hall–Kier alpha value is -1.72. The lowest BCUT2D eigenvalue weighted by molar-refractivity contribution is 0.160. The summed E-state index contributed by atoms with van der Waals surface area (Å²) in [6.07, 6.45) is 3.71. The van der Waals surface area contributed by atoms with Crippen molar-refractivity contribution in [3.63, 3.8) is 0 Å². The Morgan fingerprint density at radius 2 is 2.05 bits per heavy atom. The normalized spacial score (nSPS) is 17.0. The van der Waals surface area contributed by atoms with Gasteiger partial charge in [0, 0.05) is 44.4 Å². The molecule has 2 rings (SSSR count). The van der Waals surface area contributed by atoms with Gasteiger partial charge in [-0.1, -0.05) is 6.08 Å². The Morgan fingerprint density at radius 1 is 1.32 bits per heavy atom. The van der Waals surface area contributed by atoms with Crippen molar-refractivity contribution in [1.82, 2.24) is 10.2 Å². The Kier molecular flexibility index (Phi) is 6.10. The van der Waals surface area contributed by atoms with Gasteiger partial charge in [0.1, 0.15) is 17.2 Å². The molecular formula is C17H26N2O3. The number of hydrogen-bond acceptors (Lipinski definition) is 5. The molecule has 122 valence electrons. The molecule has 0 aliphatic carbocycles. The summed E-state index contributed by atoms with van der Waals surface area (Å²) in [6.45, 7) is 7.65. The number of phenolic OH excluding ortho intramolecular Hbond substituents is 1. The number of phenols is 1. The molecule has 1 heterocycles. The largest absolute Gasteiger partial charge is 0.507 e. The smallest absolute Gasteiger partial charge is 0.131 e. The highest BCUT2D eigenvalue weighted by atomic mass is 16.5. The second-order valence-electron chi connectivity index (χ2n) is 5.43. The van der Waals surface area contributed by atoms with Crippen LogP contribution in [0, 0.1) is 0 Å². The molecule has 1 saturated heterocycles. The van der Waals surface area contributed by atoms with Gasteiger partial charge in [0.05, 0.1) is 19.8 Å². The third-order valence-electron chi connectivity index (χ3n) is 4.12. The second-order valence-corrected chi connectivity index (χ2v) is 5.43. The van der Waals surface area contributed by atoms with E-state index in [4.69, 9.17) is 9.47 Å². The average molecular weight is 306 g/mol. The molecule has 0 bridgehead atoms. The highest BCUT2D eigenvalue weighted by Gasteiger charge is 2.27. The molecule has 1 aromatic carbocycles. The Labute approximate surface area is 132 Å². The minimum Gasteiger partial charge on any atom is -0.507 e. The van der Waals surface area contributed by atoms with Gasteiger partial charge in [0.15, 0.2) is 0 Å². The van der Waals surface area contributed by atoms with E-state index in [0.29, 0.717) is 11.5 Å². The number of benzene rings is 1. The molecule has 5 nitrogen and oxygen atoms in total. The van der Waals surface area contributed by atoms with Gasteiger partial charge >= 0.3 is 0 Å². The van der Waals surface area contributed by atoms with Gasteiger partial charge in [0.25, 0.3) is 0 Å². The highest BCUT2D eigenvalue weighted by molar-refractivity contribution is 5.51. The Morgan fingerprint density at radius 3 is 2.64 bits per heavy atom. The fourth-order valence-corrected chi connectivity index (χ4v) is 2.99. The molecular weight excluding hydrogens is 280 g/mol. The van der Waals surface area contributed by atoms with Gasteiger partial charge in [-0.2, -0.15) is 0 Å². The van der Waals surface area contributed by atoms with Gasteiger partial charge in [-0.15, -0.1) is 6.58 Å². The van der Waals surface area contributed by atoms with Crippen molar-refractivity contribution in [3.05, 3.63) is 30.4 Å². The maximum absolute atomic E-state index is 10.5. The van der Waals surface area contributed by atoms with Crippen LogP contribution in [-0.4, -0.2) is 50.4 Å². The van der Waals surface area contributed by atoms with Crippen molar-refractivity contribution in [3.8, 4) is 17.2 Å². The van der Waals surface area contributed by atoms with Gasteiger partial charge in [-0.25, -0.2) is 0 Å². The number of methoxy groups -OCH3 is 2. The van der Waals surface area contributed by atoms with E-state index < -0.39 is 0 Å². The first-order valence-electron chi connectivity index (χ1n) is 7.71. The van der Waals surface area contributed by atoms with Crippen LogP contribution >= 0.6 is 0 Å². The molecule has 0 amide bonds. The molecule has 1 atom stereocenters. The average Bonchev–Trinajstić information content (AvgIpc) is 2.56. The molecule has 1 fully saturated rings. The van der Waals surface area contributed by atoms with Crippen LogP contribution in [0.25, 0.3) is 0 Å². The van der Waals surface area contributed by atoms with E-state index in [0.717, 1.165) is 44.6 Å². The van der Waals surface area contributed by atoms with Crippen molar-refractivity contribution in [2.24, 2.45) is 0 Å². The third kappa shape index (κ3) is 3.72. The summed E-state index contributed by atoms with van der Waals surface area (Å²) in [7, 11) is 3.21. The summed E-state index contributed by atoms with van der Waals surface area (Å²) in [5, 5.41) is 13.9. The van der Waals surface area contributed by atoms with Crippen LogP contribution in [0.5, 0.6) is 17.2 Å². The minimum atomic E-state index is 0.112. The van der Waals surface area contributed by atoms with E-state index in [1.54, 1.807) is 20.3 Å². The van der Waals surface area contributed by atoms with Gasteiger partial charge in [0.2, 0.25) is 0 Å². The monoisotopic (exact) mass is 306 g/mol. The number of allylic oxidation sites excluding steroid dienone is 1. The van der Waals surface area contributed by atoms with Gasteiger partial charge < -0.3 is 19.9 Å². The fraction of sp³-hybridized carbons (Fsp3) is 0.529. The van der Waals surface area contributed by atoms with Crippen LogP contribution in [-0.2, 0) is 0 Å². The van der Waals surface area contributed by atoms with E-state index in [2.05, 4.69) is 16.8 Å². The third-order valence-corrected chi connectivity index (χ3v) is 4.12. The zero-order valence-corrected chi connectivity index (χ0v) is 13.5. The van der Waals surface area contributed by atoms with Crippen molar-refractivity contribution in [2.75, 3.05) is 40.4 Å². The van der Waals surface area contributed by atoms with Crippen LogP contribution in [0.4, 0.5) is 0 Å². The van der Waals surface area contributed by atoms with E-state index >= 15 is 0 Å². The molecule has 1 aliphatic heterocycles. The first kappa shape index (κ1) is 16.6. The van der Waals surface area contributed by atoms with Crippen molar-refractivity contribution in [1.29, 1.82) is 0 Å². The van der Waals surface area contributed by atoms with Crippen LogP contribution in [0.15, 0.2) is 24.8 Å². The summed E-state index contributed by atoms with van der Waals surface area (Å²) in [6, 6.07) is 3.60. The standard InChI is InChI=1S/C17H26N2O3/c1-4-5-6-14(19-9-7-18-8-10-19)17-15(20)11-13(21-2)12-16(17)22-3/h4,11-12,14,18,20H,1,5-10H2,2-3H3/t14-/m0/s1. The first-order chi connectivity index (χ1) is 10.7. The Balaban J connectivity index is 2.38. The topological polar surface area (TPSA) is 54.0 Å². The highest BCUT2D eigenvalue weighted by Crippen LogP contribution is 2.41. The van der Waals surface area contributed by atoms with Crippen LogP contribution in [0.3, 0.4) is 0 Å². The maximum atomic E-state index is 10.5. The van der Waals surface area contributed by atoms with Crippen molar-refractivity contribution < 1.29 is 14.6 Å². The molecule has 0 aromatic heterocycles. The first-order valence-corrected chi connectivity index (χ1v) is 7.71. The predicted molar refractivity (Wildman–Crippen MR) is 87.8 cm³/mol. The van der Waals surface area contributed by atoms with Gasteiger partial charge in [-0.3, -0.25) is 4.90 Å².